The highest BCUT2D eigenvalue weighted by atomic mass is 35.5. The van der Waals surface area contributed by atoms with Gasteiger partial charge in [-0.2, -0.15) is 0 Å². The molecule has 7 heteroatoms. The lowest BCUT2D eigenvalue weighted by molar-refractivity contribution is -0.120. The monoisotopic (exact) mass is 400 g/mol. The number of halogens is 1. The van der Waals surface area contributed by atoms with E-state index in [1.54, 1.807) is 30.2 Å². The Morgan fingerprint density at radius 1 is 1.32 bits per heavy atom. The van der Waals surface area contributed by atoms with Crippen LogP contribution in [-0.2, 0) is 11.2 Å². The third-order valence-corrected chi connectivity index (χ3v) is 5.46. The number of aliphatic imine (C=N–C) groups is 1. The molecule has 4 rings (SSSR count). The van der Waals surface area contributed by atoms with E-state index in [0.717, 1.165) is 11.1 Å². The molecule has 2 aromatic rings. The van der Waals surface area contributed by atoms with Crippen molar-refractivity contribution in [2.45, 2.75) is 39.2 Å². The molecule has 28 heavy (non-hydrogen) atoms. The van der Waals surface area contributed by atoms with Crippen molar-refractivity contribution in [3.05, 3.63) is 51.9 Å². The molecule has 1 unspecified atom stereocenters. The van der Waals surface area contributed by atoms with Gasteiger partial charge in [0.2, 0.25) is 0 Å². The molecule has 0 spiro atoms. The highest BCUT2D eigenvalue weighted by Crippen LogP contribution is 2.36. The maximum atomic E-state index is 13.2. The number of rotatable bonds is 4. The normalized spacial score (nSPS) is 18.8. The maximum Gasteiger partial charge on any atom is 0.258 e. The van der Waals surface area contributed by atoms with Gasteiger partial charge in [0, 0.05) is 18.7 Å². The van der Waals surface area contributed by atoms with E-state index in [-0.39, 0.29) is 24.5 Å². The van der Waals surface area contributed by atoms with Gasteiger partial charge < -0.3 is 14.1 Å². The Morgan fingerprint density at radius 3 is 2.86 bits per heavy atom. The Kier molecular flexibility index (Phi) is 4.75. The molecule has 3 heterocycles. The fraction of sp³-hybridized carbons (Fsp3) is 0.381. The van der Waals surface area contributed by atoms with Gasteiger partial charge in [-0.15, -0.1) is 0 Å². The van der Waals surface area contributed by atoms with Gasteiger partial charge in [0.15, 0.2) is 0 Å². The number of fused-ring (bicyclic) bond motifs is 2. The van der Waals surface area contributed by atoms with Gasteiger partial charge in [0.25, 0.3) is 11.8 Å². The molecule has 2 aliphatic rings. The van der Waals surface area contributed by atoms with Crippen molar-refractivity contribution >= 4 is 29.1 Å². The molecule has 146 valence electrons. The summed E-state index contributed by atoms with van der Waals surface area (Å²) in [4.78, 5) is 31.4. The summed E-state index contributed by atoms with van der Waals surface area (Å²) in [7, 11) is 0. The molecule has 2 aliphatic heterocycles. The standard InChI is InChI=1S/C21H21ClN2O4/c1-11(2)28-16-5-4-13-6-8-24(21(26)17(13)18(16)22)10-15-19-14(7-9-27-19)12(3)23-20(15)25/h4-5,7,9,11,15H,6,8,10H2,1-3H3. The lowest BCUT2D eigenvalue weighted by Crippen LogP contribution is -2.42. The molecule has 0 radical (unpaired) electrons. The summed E-state index contributed by atoms with van der Waals surface area (Å²) in [5.41, 5.74) is 2.80. The zero-order valence-electron chi connectivity index (χ0n) is 16.0. The minimum Gasteiger partial charge on any atom is -0.489 e. The number of ether oxygens (including phenoxy) is 1. The molecule has 1 aromatic heterocycles. The maximum absolute atomic E-state index is 13.2. The van der Waals surface area contributed by atoms with Gasteiger partial charge in [0.05, 0.1) is 28.7 Å². The highest BCUT2D eigenvalue weighted by Gasteiger charge is 2.36. The second-order valence-electron chi connectivity index (χ2n) is 7.37. The lowest BCUT2D eigenvalue weighted by atomic mass is 9.93. The summed E-state index contributed by atoms with van der Waals surface area (Å²) in [6, 6.07) is 5.49. The Balaban J connectivity index is 1.63. The quantitative estimate of drug-likeness (QED) is 0.781. The van der Waals surface area contributed by atoms with E-state index in [1.807, 2.05) is 19.9 Å². The van der Waals surface area contributed by atoms with Crippen molar-refractivity contribution in [2.24, 2.45) is 4.99 Å². The van der Waals surface area contributed by atoms with Crippen LogP contribution in [0.25, 0.3) is 0 Å². The molecule has 2 amide bonds. The van der Waals surface area contributed by atoms with Crippen LogP contribution in [0.2, 0.25) is 5.02 Å². The van der Waals surface area contributed by atoms with Crippen LogP contribution in [0.3, 0.4) is 0 Å². The van der Waals surface area contributed by atoms with Crippen LogP contribution in [0.5, 0.6) is 5.75 Å². The third kappa shape index (κ3) is 3.11. The van der Waals surface area contributed by atoms with Gasteiger partial charge in [-0.3, -0.25) is 9.59 Å². The Hall–Kier alpha value is -2.60. The summed E-state index contributed by atoms with van der Waals surface area (Å²) < 4.78 is 11.3. The average Bonchev–Trinajstić information content (AvgIpc) is 3.12. The molecule has 1 atom stereocenters. The number of nitrogens with zero attached hydrogens (tertiary/aromatic N) is 2. The lowest BCUT2D eigenvalue weighted by Gasteiger charge is -2.32. The first-order valence-electron chi connectivity index (χ1n) is 9.31. The molecule has 0 fully saturated rings. The van der Waals surface area contributed by atoms with E-state index in [2.05, 4.69) is 4.99 Å². The number of hydrogen-bond acceptors (Lipinski definition) is 4. The smallest absolute Gasteiger partial charge is 0.258 e. The molecular formula is C21H21ClN2O4. The number of amides is 2. The van der Waals surface area contributed by atoms with Gasteiger partial charge in [-0.25, -0.2) is 4.99 Å². The number of carbonyl (C=O) groups excluding carboxylic acids is 2. The van der Waals surface area contributed by atoms with Gasteiger partial charge in [0.1, 0.15) is 17.4 Å². The number of hydrogen-bond donors (Lipinski definition) is 0. The van der Waals surface area contributed by atoms with Crippen molar-refractivity contribution in [1.29, 1.82) is 0 Å². The van der Waals surface area contributed by atoms with Crippen molar-refractivity contribution in [2.75, 3.05) is 13.1 Å². The predicted molar refractivity (Wildman–Crippen MR) is 105 cm³/mol. The summed E-state index contributed by atoms with van der Waals surface area (Å²) in [5, 5.41) is 0.323. The second-order valence-corrected chi connectivity index (χ2v) is 7.74. The highest BCUT2D eigenvalue weighted by molar-refractivity contribution is 6.35. The van der Waals surface area contributed by atoms with Crippen LogP contribution in [0.15, 0.2) is 33.9 Å². The van der Waals surface area contributed by atoms with Crippen molar-refractivity contribution < 1.29 is 18.7 Å². The molecular weight excluding hydrogens is 380 g/mol. The first kappa shape index (κ1) is 18.7. The minimum absolute atomic E-state index is 0.0521. The Morgan fingerprint density at radius 2 is 2.11 bits per heavy atom. The molecule has 0 saturated heterocycles. The molecule has 6 nitrogen and oxygen atoms in total. The van der Waals surface area contributed by atoms with E-state index >= 15 is 0 Å². The van der Waals surface area contributed by atoms with Crippen molar-refractivity contribution in [1.82, 2.24) is 4.90 Å². The molecule has 0 saturated carbocycles. The Labute approximate surface area is 168 Å². The van der Waals surface area contributed by atoms with Gasteiger partial charge >= 0.3 is 0 Å². The second kappa shape index (κ2) is 7.09. The minimum atomic E-state index is -0.604. The fourth-order valence-electron chi connectivity index (χ4n) is 3.76. The van der Waals surface area contributed by atoms with Crippen LogP contribution in [0.1, 0.15) is 53.9 Å². The predicted octanol–water partition coefficient (Wildman–Crippen LogP) is 3.85. The summed E-state index contributed by atoms with van der Waals surface area (Å²) in [6.45, 7) is 6.31. The number of furan rings is 1. The first-order valence-corrected chi connectivity index (χ1v) is 9.68. The van der Waals surface area contributed by atoms with Crippen LogP contribution in [0, 0.1) is 0 Å². The van der Waals surface area contributed by atoms with Gasteiger partial charge in [-0.05, 0) is 44.9 Å². The van der Waals surface area contributed by atoms with E-state index < -0.39 is 5.92 Å². The first-order chi connectivity index (χ1) is 13.4. The largest absolute Gasteiger partial charge is 0.489 e. The Bertz CT molecular complexity index is 992. The number of carbonyl (C=O) groups is 2. The summed E-state index contributed by atoms with van der Waals surface area (Å²) in [5.74, 6) is -0.0331. The topological polar surface area (TPSA) is 72.1 Å². The third-order valence-electron chi connectivity index (χ3n) is 5.09. The zero-order valence-corrected chi connectivity index (χ0v) is 16.7. The summed E-state index contributed by atoms with van der Waals surface area (Å²) >= 11 is 6.51. The van der Waals surface area contributed by atoms with Crippen molar-refractivity contribution in [3.63, 3.8) is 0 Å². The molecule has 1 aromatic carbocycles. The van der Waals surface area contributed by atoms with Crippen LogP contribution >= 0.6 is 11.6 Å². The van der Waals surface area contributed by atoms with Crippen LogP contribution in [0.4, 0.5) is 0 Å². The van der Waals surface area contributed by atoms with E-state index in [9.17, 15) is 9.59 Å². The fourth-order valence-corrected chi connectivity index (χ4v) is 4.07. The zero-order chi connectivity index (χ0) is 20.0. The van der Waals surface area contributed by atoms with Crippen molar-refractivity contribution in [3.8, 4) is 5.75 Å². The van der Waals surface area contributed by atoms with E-state index in [0.29, 0.717) is 40.8 Å². The van der Waals surface area contributed by atoms with Gasteiger partial charge in [-0.1, -0.05) is 17.7 Å². The van der Waals surface area contributed by atoms with Crippen LogP contribution < -0.4 is 4.74 Å². The SMILES string of the molecule is CC1=NC(=O)C(CN2CCc3ccc(OC(C)C)c(Cl)c3C2=O)c2occc21. The molecule has 0 aliphatic carbocycles. The average molecular weight is 401 g/mol. The van der Waals surface area contributed by atoms with E-state index in [4.69, 9.17) is 20.8 Å². The molecule has 0 N–H and O–H groups in total. The van der Waals surface area contributed by atoms with E-state index in [1.165, 1.54) is 0 Å². The molecule has 0 bridgehead atoms. The number of benzene rings is 1. The summed E-state index contributed by atoms with van der Waals surface area (Å²) in [6.07, 6.45) is 2.16. The van der Waals surface area contributed by atoms with Crippen LogP contribution in [-0.4, -0.2) is 41.6 Å².